The van der Waals surface area contributed by atoms with Gasteiger partial charge in [0.25, 0.3) is 0 Å². The summed E-state index contributed by atoms with van der Waals surface area (Å²) in [7, 11) is 0. The van der Waals surface area contributed by atoms with Crippen molar-refractivity contribution in [3.05, 3.63) is 48.3 Å². The number of H-pyrrole nitrogens is 1. The van der Waals surface area contributed by atoms with Gasteiger partial charge in [-0.25, -0.2) is 14.8 Å². The van der Waals surface area contributed by atoms with Gasteiger partial charge in [-0.15, -0.1) is 0 Å². The minimum atomic E-state index is -5.08. The van der Waals surface area contributed by atoms with Gasteiger partial charge in [-0.05, 0) is 24.6 Å². The summed E-state index contributed by atoms with van der Waals surface area (Å²) in [6, 6.07) is 12.4. The predicted molar refractivity (Wildman–Crippen MR) is 111 cm³/mol. The second-order valence-electron chi connectivity index (χ2n) is 6.85. The molecule has 1 saturated heterocycles. The number of hydrogen-bond donors (Lipinski definition) is 2. The molecule has 1 aliphatic rings. The lowest BCUT2D eigenvalue weighted by molar-refractivity contribution is -0.192. The second-order valence-corrected chi connectivity index (χ2v) is 6.85. The van der Waals surface area contributed by atoms with Gasteiger partial charge in [0.05, 0.1) is 24.6 Å². The molecule has 0 bridgehead atoms. The van der Waals surface area contributed by atoms with E-state index in [1.54, 1.807) is 6.20 Å². The number of aromatic amines is 1. The van der Waals surface area contributed by atoms with Crippen LogP contribution in [0, 0.1) is 0 Å². The number of alkyl halides is 3. The Hall–Kier alpha value is -3.47. The number of halogens is 3. The number of ether oxygens (including phenoxy) is 1. The number of aliphatic carboxylic acids is 1. The van der Waals surface area contributed by atoms with Crippen LogP contribution in [0.5, 0.6) is 0 Å². The summed E-state index contributed by atoms with van der Waals surface area (Å²) in [6.45, 7) is 5.24. The van der Waals surface area contributed by atoms with E-state index < -0.39 is 12.1 Å². The van der Waals surface area contributed by atoms with Crippen molar-refractivity contribution in [1.82, 2.24) is 20.2 Å². The molecule has 1 aromatic carbocycles. The number of aromatic nitrogens is 4. The smallest absolute Gasteiger partial charge is 0.475 e. The molecule has 8 nitrogen and oxygen atoms in total. The molecule has 2 N–H and O–H groups in total. The molecule has 1 aliphatic heterocycles. The maximum absolute atomic E-state index is 10.6. The van der Waals surface area contributed by atoms with Crippen LogP contribution in [0.2, 0.25) is 0 Å². The molecule has 32 heavy (non-hydrogen) atoms. The standard InChI is InChI=1S/C19H21N5O.C2HF3O2/c1-2-16-13-18(22-19(21-16)24-8-10-25-11-9-24)15-5-3-4-14(12-15)17-6-7-20-23-17;3-2(4,5)1(6)7/h3-7,12-13H,2,8-11H2,1H3,(H,20,23);(H,6,7). The molecular formula is C21H22F3N5O3. The van der Waals surface area contributed by atoms with Gasteiger partial charge in [0, 0.05) is 36.1 Å². The van der Waals surface area contributed by atoms with Crippen LogP contribution in [0.25, 0.3) is 22.5 Å². The Kier molecular flexibility index (Phi) is 7.41. The zero-order chi connectivity index (χ0) is 23.1. The van der Waals surface area contributed by atoms with Crippen molar-refractivity contribution in [2.75, 3.05) is 31.2 Å². The summed E-state index contributed by atoms with van der Waals surface area (Å²) in [5.41, 5.74) is 5.19. The van der Waals surface area contributed by atoms with Crippen LogP contribution >= 0.6 is 0 Å². The summed E-state index contributed by atoms with van der Waals surface area (Å²) < 4.78 is 37.2. The van der Waals surface area contributed by atoms with E-state index in [4.69, 9.17) is 24.6 Å². The van der Waals surface area contributed by atoms with Gasteiger partial charge in [0.15, 0.2) is 0 Å². The van der Waals surface area contributed by atoms with Crippen LogP contribution in [0.4, 0.5) is 19.1 Å². The zero-order valence-electron chi connectivity index (χ0n) is 17.3. The van der Waals surface area contributed by atoms with Crippen molar-refractivity contribution in [1.29, 1.82) is 0 Å². The molecule has 11 heteroatoms. The van der Waals surface area contributed by atoms with E-state index in [0.29, 0.717) is 0 Å². The molecule has 0 aliphatic carbocycles. The highest BCUT2D eigenvalue weighted by molar-refractivity contribution is 5.73. The van der Waals surface area contributed by atoms with Crippen LogP contribution in [0.1, 0.15) is 12.6 Å². The summed E-state index contributed by atoms with van der Waals surface area (Å²) in [5, 5.41) is 14.2. The molecule has 0 atom stereocenters. The molecule has 1 fully saturated rings. The largest absolute Gasteiger partial charge is 0.490 e. The van der Waals surface area contributed by atoms with E-state index in [-0.39, 0.29) is 0 Å². The first-order valence-corrected chi connectivity index (χ1v) is 9.89. The summed E-state index contributed by atoms with van der Waals surface area (Å²) >= 11 is 0. The van der Waals surface area contributed by atoms with Gasteiger partial charge in [0.1, 0.15) is 0 Å². The van der Waals surface area contributed by atoms with Crippen LogP contribution in [-0.4, -0.2) is 63.7 Å². The average Bonchev–Trinajstić information content (AvgIpc) is 3.34. The average molecular weight is 449 g/mol. The van der Waals surface area contributed by atoms with Gasteiger partial charge in [-0.2, -0.15) is 18.3 Å². The van der Waals surface area contributed by atoms with Crippen molar-refractivity contribution in [2.24, 2.45) is 0 Å². The molecule has 0 saturated carbocycles. The molecule has 170 valence electrons. The highest BCUT2D eigenvalue weighted by Crippen LogP contribution is 2.26. The normalized spacial score (nSPS) is 13.9. The third kappa shape index (κ3) is 6.03. The number of nitrogens with zero attached hydrogens (tertiary/aromatic N) is 4. The van der Waals surface area contributed by atoms with E-state index in [0.717, 1.165) is 66.9 Å². The number of morpholine rings is 1. The topological polar surface area (TPSA) is 104 Å². The first kappa shape index (κ1) is 23.2. The molecule has 4 rings (SSSR count). The van der Waals surface area contributed by atoms with Crippen molar-refractivity contribution >= 4 is 11.9 Å². The number of rotatable bonds is 4. The van der Waals surface area contributed by atoms with Gasteiger partial charge >= 0.3 is 12.1 Å². The fourth-order valence-corrected chi connectivity index (χ4v) is 2.98. The Bertz CT molecular complexity index is 1040. The number of anilines is 1. The quantitative estimate of drug-likeness (QED) is 0.628. The predicted octanol–water partition coefficient (Wildman–Crippen LogP) is 3.57. The fourth-order valence-electron chi connectivity index (χ4n) is 2.98. The number of benzene rings is 1. The first-order valence-electron chi connectivity index (χ1n) is 9.89. The third-order valence-electron chi connectivity index (χ3n) is 4.64. The molecule has 3 heterocycles. The van der Waals surface area contributed by atoms with Gasteiger partial charge in [0.2, 0.25) is 5.95 Å². The zero-order valence-corrected chi connectivity index (χ0v) is 17.3. The van der Waals surface area contributed by atoms with Crippen LogP contribution < -0.4 is 4.90 Å². The van der Waals surface area contributed by atoms with Crippen LogP contribution in [0.15, 0.2) is 42.6 Å². The van der Waals surface area contributed by atoms with E-state index in [1.165, 1.54) is 0 Å². The Morgan fingerprint density at radius 3 is 2.44 bits per heavy atom. The number of hydrogen-bond acceptors (Lipinski definition) is 6. The molecule has 2 aromatic heterocycles. The van der Waals surface area contributed by atoms with Gasteiger partial charge < -0.3 is 14.7 Å². The monoisotopic (exact) mass is 449 g/mol. The number of carboxylic acids is 1. The molecule has 0 radical (unpaired) electrons. The highest BCUT2D eigenvalue weighted by Gasteiger charge is 2.38. The lowest BCUT2D eigenvalue weighted by atomic mass is 10.1. The van der Waals surface area contributed by atoms with Crippen molar-refractivity contribution in [2.45, 2.75) is 19.5 Å². The maximum atomic E-state index is 10.6. The third-order valence-corrected chi connectivity index (χ3v) is 4.64. The molecule has 0 unspecified atom stereocenters. The number of carbonyl (C=O) groups is 1. The Morgan fingerprint density at radius 1 is 1.16 bits per heavy atom. The number of carboxylic acid groups (broad SMARTS) is 1. The molecule has 0 spiro atoms. The van der Waals surface area contributed by atoms with Gasteiger partial charge in [-0.1, -0.05) is 25.1 Å². The number of nitrogens with one attached hydrogen (secondary N) is 1. The molecule has 0 amide bonds. The van der Waals surface area contributed by atoms with Crippen LogP contribution in [0.3, 0.4) is 0 Å². The fraction of sp³-hybridized carbons (Fsp3) is 0.333. The Morgan fingerprint density at radius 2 is 1.84 bits per heavy atom. The maximum Gasteiger partial charge on any atom is 0.490 e. The molecular weight excluding hydrogens is 427 g/mol. The summed E-state index contributed by atoms with van der Waals surface area (Å²) in [6.07, 6.45) is -2.44. The second kappa shape index (κ2) is 10.2. The van der Waals surface area contributed by atoms with E-state index in [9.17, 15) is 13.2 Å². The minimum absolute atomic E-state index is 0.727. The Balaban J connectivity index is 0.000000360. The van der Waals surface area contributed by atoms with Crippen molar-refractivity contribution < 1.29 is 27.8 Å². The van der Waals surface area contributed by atoms with Crippen molar-refractivity contribution in [3.63, 3.8) is 0 Å². The van der Waals surface area contributed by atoms with E-state index in [1.807, 2.05) is 12.1 Å². The lowest BCUT2D eigenvalue weighted by Gasteiger charge is -2.27. The van der Waals surface area contributed by atoms with E-state index >= 15 is 0 Å². The lowest BCUT2D eigenvalue weighted by Crippen LogP contribution is -2.37. The van der Waals surface area contributed by atoms with Gasteiger partial charge in [-0.3, -0.25) is 5.10 Å². The molecule has 3 aromatic rings. The minimum Gasteiger partial charge on any atom is -0.475 e. The number of aryl methyl sites for hydroxylation is 1. The summed E-state index contributed by atoms with van der Waals surface area (Å²) in [4.78, 5) is 20.6. The SMILES string of the molecule is CCc1cc(-c2cccc(-c3ccn[nH]3)c2)nc(N2CCOCC2)n1.O=C(O)C(F)(F)F. The Labute approximate surface area is 182 Å². The first-order chi connectivity index (χ1) is 15.3. The highest BCUT2D eigenvalue weighted by atomic mass is 19.4. The van der Waals surface area contributed by atoms with Crippen LogP contribution in [-0.2, 0) is 16.0 Å². The van der Waals surface area contributed by atoms with E-state index in [2.05, 4.69) is 46.3 Å². The van der Waals surface area contributed by atoms with Crippen molar-refractivity contribution in [3.8, 4) is 22.5 Å². The summed E-state index contributed by atoms with van der Waals surface area (Å²) in [5.74, 6) is -1.96.